The van der Waals surface area contributed by atoms with Crippen molar-refractivity contribution in [1.82, 2.24) is 15.5 Å². The number of hydrogen-bond acceptors (Lipinski definition) is 4. The van der Waals surface area contributed by atoms with Gasteiger partial charge in [0.15, 0.2) is 0 Å². The maximum atomic E-state index is 12.6. The minimum Gasteiger partial charge on any atom is -0.383 e. The van der Waals surface area contributed by atoms with Gasteiger partial charge in [0.25, 0.3) is 0 Å². The van der Waals surface area contributed by atoms with Crippen molar-refractivity contribution in [3.63, 3.8) is 0 Å². The Balaban J connectivity index is 0.00000220. The van der Waals surface area contributed by atoms with Gasteiger partial charge in [0, 0.05) is 33.3 Å². The van der Waals surface area contributed by atoms with E-state index in [1.165, 1.54) is 19.3 Å². The molecule has 0 aromatic heterocycles. The van der Waals surface area contributed by atoms with Crippen molar-refractivity contribution in [1.29, 1.82) is 0 Å². The highest BCUT2D eigenvalue weighted by molar-refractivity contribution is 5.85. The number of amides is 1. The fourth-order valence-corrected chi connectivity index (χ4v) is 3.59. The predicted octanol–water partition coefficient (Wildman–Crippen LogP) is 1.30. The van der Waals surface area contributed by atoms with Gasteiger partial charge in [0.2, 0.25) is 5.91 Å². The van der Waals surface area contributed by atoms with E-state index in [1.54, 1.807) is 7.11 Å². The van der Waals surface area contributed by atoms with Crippen LogP contribution in [0.5, 0.6) is 0 Å². The van der Waals surface area contributed by atoms with Gasteiger partial charge in [-0.05, 0) is 32.4 Å². The standard InChI is InChI=1S/C15H29N3O2.2ClH/c1-18(9-10-20-2)8-7-17-14(19)15-6-4-3-5-13(15)11-16-12-15;;/h13,16H,3-12H2,1-2H3,(H,17,19);2*1H/t13-,15+;;/m0../s1. The van der Waals surface area contributed by atoms with Gasteiger partial charge < -0.3 is 20.3 Å². The van der Waals surface area contributed by atoms with E-state index in [9.17, 15) is 4.79 Å². The van der Waals surface area contributed by atoms with Gasteiger partial charge in [0.05, 0.1) is 12.0 Å². The number of carbonyl (C=O) groups is 1. The molecule has 1 saturated heterocycles. The van der Waals surface area contributed by atoms with E-state index < -0.39 is 0 Å². The van der Waals surface area contributed by atoms with Crippen LogP contribution < -0.4 is 10.6 Å². The van der Waals surface area contributed by atoms with E-state index in [0.29, 0.717) is 5.92 Å². The molecule has 1 heterocycles. The molecule has 2 N–H and O–H groups in total. The van der Waals surface area contributed by atoms with Crippen LogP contribution in [0.25, 0.3) is 0 Å². The van der Waals surface area contributed by atoms with Gasteiger partial charge in [-0.1, -0.05) is 12.8 Å². The summed E-state index contributed by atoms with van der Waals surface area (Å²) in [4.78, 5) is 14.8. The van der Waals surface area contributed by atoms with E-state index >= 15 is 0 Å². The Kier molecular flexibility index (Phi) is 10.6. The van der Waals surface area contributed by atoms with Crippen LogP contribution >= 0.6 is 24.8 Å². The average Bonchev–Trinajstić information content (AvgIpc) is 2.90. The van der Waals surface area contributed by atoms with Crippen LogP contribution in [0.4, 0.5) is 0 Å². The summed E-state index contributed by atoms with van der Waals surface area (Å²) in [6, 6.07) is 0. The number of nitrogens with one attached hydrogen (secondary N) is 2. The normalized spacial score (nSPS) is 26.8. The lowest BCUT2D eigenvalue weighted by atomic mass is 9.67. The molecule has 0 aromatic rings. The average molecular weight is 356 g/mol. The molecule has 0 aromatic carbocycles. The Labute approximate surface area is 146 Å². The third kappa shape index (κ3) is 5.24. The second-order valence-electron chi connectivity index (χ2n) is 6.28. The third-order valence-electron chi connectivity index (χ3n) is 4.95. The van der Waals surface area contributed by atoms with Gasteiger partial charge >= 0.3 is 0 Å². The molecule has 0 spiro atoms. The number of fused-ring (bicyclic) bond motifs is 1. The Hall–Kier alpha value is -0.0700. The molecule has 22 heavy (non-hydrogen) atoms. The van der Waals surface area contributed by atoms with Crippen molar-refractivity contribution < 1.29 is 9.53 Å². The maximum Gasteiger partial charge on any atom is 0.227 e. The number of methoxy groups -OCH3 is 1. The Bertz CT molecular complexity index is 334. The zero-order valence-corrected chi connectivity index (χ0v) is 15.4. The molecule has 0 unspecified atom stereocenters. The molecule has 1 amide bonds. The highest BCUT2D eigenvalue weighted by atomic mass is 35.5. The van der Waals surface area contributed by atoms with Crippen molar-refractivity contribution >= 4 is 30.7 Å². The van der Waals surface area contributed by atoms with Gasteiger partial charge in [0.1, 0.15) is 0 Å². The summed E-state index contributed by atoms with van der Waals surface area (Å²) in [5, 5.41) is 6.59. The van der Waals surface area contributed by atoms with Crippen molar-refractivity contribution in [3.8, 4) is 0 Å². The van der Waals surface area contributed by atoms with Crippen LogP contribution in [-0.4, -0.2) is 64.3 Å². The SMILES string of the molecule is COCCN(C)CCNC(=O)[C@@]12CCCC[C@H]1CNC2.Cl.Cl. The van der Waals surface area contributed by atoms with E-state index in [4.69, 9.17) is 4.74 Å². The second-order valence-corrected chi connectivity index (χ2v) is 6.28. The van der Waals surface area contributed by atoms with E-state index in [1.807, 2.05) is 0 Å². The lowest BCUT2D eigenvalue weighted by Gasteiger charge is -2.37. The molecule has 2 rings (SSSR count). The first kappa shape index (κ1) is 21.9. The number of rotatable bonds is 7. The van der Waals surface area contributed by atoms with Crippen molar-refractivity contribution in [3.05, 3.63) is 0 Å². The molecule has 2 atom stereocenters. The highest BCUT2D eigenvalue weighted by Crippen LogP contribution is 2.43. The minimum absolute atomic E-state index is 0. The Morgan fingerprint density at radius 3 is 2.86 bits per heavy atom. The van der Waals surface area contributed by atoms with Crippen LogP contribution in [0.1, 0.15) is 25.7 Å². The molecule has 2 fully saturated rings. The fraction of sp³-hybridized carbons (Fsp3) is 0.933. The molecule has 1 aliphatic carbocycles. The number of likely N-dealkylation sites (N-methyl/N-ethyl adjacent to an activating group) is 1. The van der Waals surface area contributed by atoms with Crippen LogP contribution in [0.3, 0.4) is 0 Å². The molecule has 7 heteroatoms. The smallest absolute Gasteiger partial charge is 0.227 e. The summed E-state index contributed by atoms with van der Waals surface area (Å²) in [6.07, 6.45) is 4.73. The summed E-state index contributed by atoms with van der Waals surface area (Å²) >= 11 is 0. The van der Waals surface area contributed by atoms with Crippen molar-refractivity contribution in [2.75, 3.05) is 53.5 Å². The molecule has 1 aliphatic heterocycles. The zero-order chi connectivity index (χ0) is 14.4. The predicted molar refractivity (Wildman–Crippen MR) is 94.1 cm³/mol. The summed E-state index contributed by atoms with van der Waals surface area (Å²) in [6.45, 7) is 5.13. The van der Waals surface area contributed by atoms with E-state index in [0.717, 1.165) is 45.8 Å². The molecule has 0 bridgehead atoms. The topological polar surface area (TPSA) is 53.6 Å². The Morgan fingerprint density at radius 2 is 2.14 bits per heavy atom. The number of ether oxygens (including phenoxy) is 1. The molecule has 0 radical (unpaired) electrons. The van der Waals surface area contributed by atoms with E-state index in [-0.39, 0.29) is 36.1 Å². The second kappa shape index (κ2) is 10.7. The first-order chi connectivity index (χ1) is 9.69. The fourth-order valence-electron chi connectivity index (χ4n) is 3.59. The first-order valence-electron chi connectivity index (χ1n) is 7.85. The van der Waals surface area contributed by atoms with Crippen LogP contribution in [-0.2, 0) is 9.53 Å². The van der Waals surface area contributed by atoms with Gasteiger partial charge in [-0.3, -0.25) is 4.79 Å². The van der Waals surface area contributed by atoms with Crippen LogP contribution in [0.2, 0.25) is 0 Å². The number of carbonyl (C=O) groups excluding carboxylic acids is 1. The van der Waals surface area contributed by atoms with Gasteiger partial charge in [-0.25, -0.2) is 0 Å². The first-order valence-corrected chi connectivity index (χ1v) is 7.85. The number of nitrogens with zero attached hydrogens (tertiary/aromatic N) is 1. The number of hydrogen-bond donors (Lipinski definition) is 2. The lowest BCUT2D eigenvalue weighted by Crippen LogP contribution is -2.49. The van der Waals surface area contributed by atoms with Crippen LogP contribution in [0, 0.1) is 11.3 Å². The number of halogens is 2. The lowest BCUT2D eigenvalue weighted by molar-refractivity contribution is -0.134. The van der Waals surface area contributed by atoms with Crippen molar-refractivity contribution in [2.45, 2.75) is 25.7 Å². The molecule has 1 saturated carbocycles. The molecular formula is C15H31Cl2N3O2. The monoisotopic (exact) mass is 355 g/mol. The molecule has 5 nitrogen and oxygen atoms in total. The molecule has 2 aliphatic rings. The van der Waals surface area contributed by atoms with Crippen molar-refractivity contribution in [2.24, 2.45) is 11.3 Å². The zero-order valence-electron chi connectivity index (χ0n) is 13.7. The summed E-state index contributed by atoms with van der Waals surface area (Å²) in [7, 11) is 3.77. The largest absolute Gasteiger partial charge is 0.383 e. The summed E-state index contributed by atoms with van der Waals surface area (Å²) < 4.78 is 5.05. The minimum atomic E-state index is -0.122. The van der Waals surface area contributed by atoms with Gasteiger partial charge in [-0.15, -0.1) is 24.8 Å². The summed E-state index contributed by atoms with van der Waals surface area (Å²) in [5.74, 6) is 0.815. The summed E-state index contributed by atoms with van der Waals surface area (Å²) in [5.41, 5.74) is -0.122. The van der Waals surface area contributed by atoms with E-state index in [2.05, 4.69) is 22.6 Å². The van der Waals surface area contributed by atoms with Crippen LogP contribution in [0.15, 0.2) is 0 Å². The quantitative estimate of drug-likeness (QED) is 0.722. The Morgan fingerprint density at radius 1 is 1.36 bits per heavy atom. The third-order valence-corrected chi connectivity index (χ3v) is 4.95. The highest BCUT2D eigenvalue weighted by Gasteiger charge is 2.49. The van der Waals surface area contributed by atoms with Gasteiger partial charge in [-0.2, -0.15) is 0 Å². The molecular weight excluding hydrogens is 325 g/mol. The maximum absolute atomic E-state index is 12.6. The molecule has 132 valence electrons.